The van der Waals surface area contributed by atoms with Gasteiger partial charge in [0, 0.05) is 6.61 Å². The molecule has 5 heteroatoms. The fraction of sp³-hybridized carbons (Fsp3) is 1.00. The molecule has 0 saturated heterocycles. The fourth-order valence-electron chi connectivity index (χ4n) is 0. The maximum absolute atomic E-state index is 9.53. The molecule has 0 aliphatic carbocycles. The van der Waals surface area contributed by atoms with Gasteiger partial charge in [-0.05, 0) is 6.42 Å². The Kier molecular flexibility index (Phi) is 53.5. The molecule has 4 nitrogen and oxygen atoms in total. The van der Waals surface area contributed by atoms with Crippen molar-refractivity contribution < 1.29 is 20.4 Å². The van der Waals surface area contributed by atoms with Gasteiger partial charge in [-0.3, -0.25) is 0 Å². The minimum Gasteiger partial charge on any atom is -0.852 e. The molecule has 0 aliphatic heterocycles. The van der Waals surface area contributed by atoms with Gasteiger partial charge in [-0.2, -0.15) is 0 Å². The van der Waals surface area contributed by atoms with Crippen molar-refractivity contribution in [3.8, 4) is 0 Å². The minimum atomic E-state index is -0.417. The van der Waals surface area contributed by atoms with Crippen molar-refractivity contribution in [2.45, 2.75) is 73.2 Å². The average Bonchev–Trinajstić information content (AvgIpc) is 2.00. The van der Waals surface area contributed by atoms with Crippen LogP contribution in [0.25, 0.3) is 0 Å². The normalized spacial score (nSPS) is 8.12. The van der Waals surface area contributed by atoms with Crippen molar-refractivity contribution in [2.75, 3.05) is 6.61 Å². The Labute approximate surface area is 118 Å². The third kappa shape index (κ3) is 1800. The van der Waals surface area contributed by atoms with E-state index in [2.05, 4.69) is 0 Å². The maximum atomic E-state index is 9.53. The number of hydrogen-bond donors (Lipinski definition) is 1. The second-order valence-corrected chi connectivity index (χ2v) is 3.87. The van der Waals surface area contributed by atoms with Crippen LogP contribution in [-0.2, 0) is 0 Å². The van der Waals surface area contributed by atoms with Crippen LogP contribution in [-0.4, -0.2) is 47.4 Å². The second kappa shape index (κ2) is 29.9. The van der Waals surface area contributed by atoms with Gasteiger partial charge in [0.2, 0.25) is 0 Å². The molecule has 104 valence electrons. The Morgan fingerprint density at radius 3 is 0.824 bits per heavy atom. The predicted molar refractivity (Wildman–Crippen MR) is 68.5 cm³/mol. The van der Waals surface area contributed by atoms with Crippen molar-refractivity contribution in [3.05, 3.63) is 0 Å². The Bertz CT molecular complexity index is 64.0. The first kappa shape index (κ1) is 30.4. The monoisotopic (exact) mass is 264 g/mol. The number of hydrogen-bond acceptors (Lipinski definition) is 4. The topological polar surface area (TPSA) is 89.4 Å². The van der Waals surface area contributed by atoms with Crippen molar-refractivity contribution in [1.29, 1.82) is 0 Å². The SMILES string of the molecule is CC(C)[O-].CC(C)[O-].CC(C)[O-].CCCO.[Al+3]. The molecule has 0 rings (SSSR count). The molecule has 0 aromatic rings. The van der Waals surface area contributed by atoms with Crippen LogP contribution in [0.15, 0.2) is 0 Å². The summed E-state index contributed by atoms with van der Waals surface area (Å²) in [6.45, 7) is 11.9. The van der Waals surface area contributed by atoms with Crippen LogP contribution in [0, 0.1) is 0 Å². The van der Waals surface area contributed by atoms with Crippen molar-refractivity contribution in [1.82, 2.24) is 0 Å². The fourth-order valence-corrected chi connectivity index (χ4v) is 0. The van der Waals surface area contributed by atoms with E-state index < -0.39 is 18.3 Å². The summed E-state index contributed by atoms with van der Waals surface area (Å²) in [5.41, 5.74) is 0. The van der Waals surface area contributed by atoms with Gasteiger partial charge in [0.1, 0.15) is 0 Å². The van der Waals surface area contributed by atoms with E-state index in [1.165, 1.54) is 0 Å². The van der Waals surface area contributed by atoms with Crippen LogP contribution in [0.4, 0.5) is 0 Å². The van der Waals surface area contributed by atoms with Gasteiger partial charge < -0.3 is 20.4 Å². The van der Waals surface area contributed by atoms with Gasteiger partial charge in [-0.15, -0.1) is 18.3 Å². The van der Waals surface area contributed by atoms with E-state index in [1.54, 1.807) is 41.5 Å². The minimum absolute atomic E-state index is 0. The number of aliphatic hydroxyl groups excluding tert-OH is 1. The zero-order chi connectivity index (χ0) is 14.1. The molecule has 0 aromatic heterocycles. The van der Waals surface area contributed by atoms with E-state index in [0.717, 1.165) is 6.42 Å². The molecule has 0 saturated carbocycles. The molecule has 0 bridgehead atoms. The summed E-state index contributed by atoms with van der Waals surface area (Å²) in [6.07, 6.45) is -0.375. The standard InChI is InChI=1S/3C3H7O.C3H8O.Al/c3*1-3(2)4;1-2-3-4;/h3*3H,1-2H3;4H,2-3H2,1H3;/q3*-1;;+3. The molecule has 0 heterocycles. The molecule has 0 aliphatic rings. The van der Waals surface area contributed by atoms with Crippen LogP contribution in [0.2, 0.25) is 0 Å². The van der Waals surface area contributed by atoms with E-state index in [0.29, 0.717) is 6.61 Å². The zero-order valence-corrected chi connectivity index (χ0v) is 13.6. The third-order valence-electron chi connectivity index (χ3n) is 0.224. The van der Waals surface area contributed by atoms with Crippen LogP contribution in [0.5, 0.6) is 0 Å². The predicted octanol–water partition coefficient (Wildman–Crippen LogP) is -0.727. The molecular formula is C12H29AlO4. The Balaban J connectivity index is -0.0000000369. The van der Waals surface area contributed by atoms with E-state index in [1.807, 2.05) is 6.92 Å². The summed E-state index contributed by atoms with van der Waals surface area (Å²) in [7, 11) is 0. The first-order valence-electron chi connectivity index (χ1n) is 5.69. The molecular weight excluding hydrogens is 235 g/mol. The molecule has 0 aromatic carbocycles. The number of rotatable bonds is 1. The first-order valence-corrected chi connectivity index (χ1v) is 5.69. The van der Waals surface area contributed by atoms with Crippen LogP contribution in [0.1, 0.15) is 54.9 Å². The van der Waals surface area contributed by atoms with Gasteiger partial charge in [-0.25, -0.2) is 0 Å². The van der Waals surface area contributed by atoms with Gasteiger partial charge in [0.05, 0.1) is 0 Å². The molecule has 0 fully saturated rings. The summed E-state index contributed by atoms with van der Waals surface area (Å²) in [6, 6.07) is 0. The zero-order valence-electron chi connectivity index (χ0n) is 12.4. The third-order valence-corrected chi connectivity index (χ3v) is 0.224. The van der Waals surface area contributed by atoms with Gasteiger partial charge in [0.15, 0.2) is 0 Å². The molecule has 17 heavy (non-hydrogen) atoms. The van der Waals surface area contributed by atoms with Crippen LogP contribution >= 0.6 is 0 Å². The van der Waals surface area contributed by atoms with Crippen molar-refractivity contribution in [3.63, 3.8) is 0 Å². The first-order chi connectivity index (χ1) is 7.11. The molecule has 1 N–H and O–H groups in total. The Hall–Kier alpha value is 0.372. The van der Waals surface area contributed by atoms with E-state index in [9.17, 15) is 15.3 Å². The van der Waals surface area contributed by atoms with Crippen LogP contribution in [0.3, 0.4) is 0 Å². The summed E-state index contributed by atoms with van der Waals surface area (Å²) in [5, 5.41) is 36.5. The molecule has 0 spiro atoms. The van der Waals surface area contributed by atoms with Crippen molar-refractivity contribution in [2.24, 2.45) is 0 Å². The quantitative estimate of drug-likeness (QED) is 0.632. The summed E-state index contributed by atoms with van der Waals surface area (Å²) >= 11 is 0. The van der Waals surface area contributed by atoms with Gasteiger partial charge in [0.25, 0.3) is 0 Å². The van der Waals surface area contributed by atoms with Gasteiger partial charge >= 0.3 is 17.4 Å². The largest absolute Gasteiger partial charge is 3.00 e. The average molecular weight is 264 g/mol. The summed E-state index contributed by atoms with van der Waals surface area (Å²) in [5.74, 6) is 0. The Morgan fingerprint density at radius 2 is 0.824 bits per heavy atom. The molecule has 0 radical (unpaired) electrons. The van der Waals surface area contributed by atoms with Crippen molar-refractivity contribution >= 4 is 17.4 Å². The van der Waals surface area contributed by atoms with E-state index in [4.69, 9.17) is 5.11 Å². The number of aliphatic hydroxyl groups is 1. The van der Waals surface area contributed by atoms with E-state index >= 15 is 0 Å². The van der Waals surface area contributed by atoms with E-state index in [-0.39, 0.29) is 17.4 Å². The Morgan fingerprint density at radius 1 is 0.765 bits per heavy atom. The molecule has 0 atom stereocenters. The second-order valence-electron chi connectivity index (χ2n) is 3.87. The maximum Gasteiger partial charge on any atom is 3.00 e. The smallest absolute Gasteiger partial charge is 0.852 e. The molecule has 0 unspecified atom stereocenters. The summed E-state index contributed by atoms with van der Waals surface area (Å²) < 4.78 is 0. The summed E-state index contributed by atoms with van der Waals surface area (Å²) in [4.78, 5) is 0. The van der Waals surface area contributed by atoms with Crippen LogP contribution < -0.4 is 15.3 Å². The molecule has 0 amide bonds. The van der Waals surface area contributed by atoms with Gasteiger partial charge in [-0.1, -0.05) is 48.5 Å².